The van der Waals surface area contributed by atoms with Crippen LogP contribution in [0.25, 0.3) is 0 Å². The molecule has 10 N–H and O–H groups in total. The Kier molecular flexibility index (Phi) is 10.2. The smallest absolute Gasteiger partial charge is 0.326 e. The molecule has 1 rings (SSSR count). The van der Waals surface area contributed by atoms with Gasteiger partial charge in [0.2, 0.25) is 17.7 Å². The molecule has 3 amide bonds. The third-order valence-electron chi connectivity index (χ3n) is 4.62. The highest BCUT2D eigenvalue weighted by Gasteiger charge is 2.36. The lowest BCUT2D eigenvalue weighted by Crippen LogP contribution is -2.56. The normalized spacial score (nSPS) is 17.3. The van der Waals surface area contributed by atoms with Gasteiger partial charge in [0.05, 0.1) is 13.0 Å². The molecule has 0 aromatic carbocycles. The number of likely N-dealkylation sites (tertiary alicyclic amines) is 1. The molecule has 14 nitrogen and oxygen atoms in total. The van der Waals surface area contributed by atoms with Crippen LogP contribution in [0.5, 0.6) is 0 Å². The molecule has 174 valence electrons. The highest BCUT2D eigenvalue weighted by atomic mass is 16.4. The predicted octanol–water partition coefficient (Wildman–Crippen LogP) is -3.48. The summed E-state index contributed by atoms with van der Waals surface area (Å²) in [6, 6.07) is -3.74. The number of amides is 3. The molecule has 1 aliphatic heterocycles. The van der Waals surface area contributed by atoms with Crippen LogP contribution < -0.4 is 27.8 Å². The number of nitrogens with two attached hydrogens (primary N) is 3. The number of carboxylic acid groups (broad SMARTS) is 2. The van der Waals surface area contributed by atoms with Crippen molar-refractivity contribution >= 4 is 35.6 Å². The van der Waals surface area contributed by atoms with E-state index < -0.39 is 54.2 Å². The number of carbonyl (C=O) groups excluding carboxylic acids is 3. The molecule has 0 radical (unpaired) electrons. The fourth-order valence-electron chi connectivity index (χ4n) is 3.14. The summed E-state index contributed by atoms with van der Waals surface area (Å²) in [6.45, 7) is 0.174. The van der Waals surface area contributed by atoms with Gasteiger partial charge >= 0.3 is 11.9 Å². The zero-order valence-electron chi connectivity index (χ0n) is 17.0. The van der Waals surface area contributed by atoms with Crippen LogP contribution in [0.1, 0.15) is 32.1 Å². The first-order valence-corrected chi connectivity index (χ1v) is 9.67. The van der Waals surface area contributed by atoms with Gasteiger partial charge in [-0.15, -0.1) is 0 Å². The van der Waals surface area contributed by atoms with Crippen LogP contribution in [-0.4, -0.2) is 88.5 Å². The lowest BCUT2D eigenvalue weighted by molar-refractivity contribution is -0.144. The molecule has 0 aliphatic carbocycles. The SMILES string of the molecule is NCC(=O)N1CCCC1C(=O)NC(CC(=O)O)C(=O)NC(CCCN=C(N)N)C(=O)O. The summed E-state index contributed by atoms with van der Waals surface area (Å²) in [6.07, 6.45) is 0.337. The molecule has 1 heterocycles. The summed E-state index contributed by atoms with van der Waals surface area (Å²) in [5.74, 6) is -4.99. The number of nitrogens with zero attached hydrogens (tertiary/aromatic N) is 2. The maximum atomic E-state index is 12.6. The fraction of sp³-hybridized carbons (Fsp3) is 0.647. The van der Waals surface area contributed by atoms with E-state index in [2.05, 4.69) is 15.6 Å². The van der Waals surface area contributed by atoms with Gasteiger partial charge in [0.25, 0.3) is 0 Å². The Morgan fingerprint density at radius 3 is 2.32 bits per heavy atom. The summed E-state index contributed by atoms with van der Waals surface area (Å²) in [5.41, 5.74) is 15.7. The number of aliphatic imine (C=N–C) groups is 1. The van der Waals surface area contributed by atoms with E-state index in [0.29, 0.717) is 19.4 Å². The van der Waals surface area contributed by atoms with Gasteiger partial charge in [-0.25, -0.2) is 4.79 Å². The van der Waals surface area contributed by atoms with Gasteiger partial charge in [0.15, 0.2) is 5.96 Å². The molecule has 0 saturated carbocycles. The van der Waals surface area contributed by atoms with E-state index in [1.165, 1.54) is 4.90 Å². The maximum absolute atomic E-state index is 12.6. The largest absolute Gasteiger partial charge is 0.481 e. The number of hydrogen-bond donors (Lipinski definition) is 7. The number of hydrogen-bond acceptors (Lipinski definition) is 7. The summed E-state index contributed by atoms with van der Waals surface area (Å²) in [7, 11) is 0. The van der Waals surface area contributed by atoms with Gasteiger partial charge in [-0.05, 0) is 25.7 Å². The van der Waals surface area contributed by atoms with Crippen LogP contribution in [0.15, 0.2) is 4.99 Å². The van der Waals surface area contributed by atoms with E-state index in [0.717, 1.165) is 0 Å². The zero-order chi connectivity index (χ0) is 23.6. The molecule has 14 heteroatoms. The first-order chi connectivity index (χ1) is 14.6. The minimum atomic E-state index is -1.53. The fourth-order valence-corrected chi connectivity index (χ4v) is 3.14. The number of guanidine groups is 1. The van der Waals surface area contributed by atoms with E-state index >= 15 is 0 Å². The Balaban J connectivity index is 2.82. The average Bonchev–Trinajstić information content (AvgIpc) is 3.18. The Morgan fingerprint density at radius 2 is 1.77 bits per heavy atom. The number of nitrogens with one attached hydrogen (secondary N) is 2. The Bertz CT molecular complexity index is 724. The lowest BCUT2D eigenvalue weighted by atomic mass is 10.1. The van der Waals surface area contributed by atoms with Crippen molar-refractivity contribution in [2.45, 2.75) is 50.2 Å². The highest BCUT2D eigenvalue weighted by molar-refractivity contribution is 5.95. The molecule has 1 saturated heterocycles. The second-order valence-corrected chi connectivity index (χ2v) is 6.96. The van der Waals surface area contributed by atoms with Gasteiger partial charge in [-0.1, -0.05) is 0 Å². The summed E-state index contributed by atoms with van der Waals surface area (Å²) >= 11 is 0. The molecule has 3 unspecified atom stereocenters. The van der Waals surface area contributed by atoms with Crippen molar-refractivity contribution in [1.29, 1.82) is 0 Å². The van der Waals surface area contributed by atoms with Crippen LogP contribution in [0, 0.1) is 0 Å². The molecular formula is C17H29N7O7. The molecule has 3 atom stereocenters. The second-order valence-electron chi connectivity index (χ2n) is 6.96. The van der Waals surface area contributed by atoms with E-state index in [1.54, 1.807) is 0 Å². The minimum Gasteiger partial charge on any atom is -0.481 e. The minimum absolute atomic E-state index is 0.0208. The van der Waals surface area contributed by atoms with Crippen LogP contribution in [0.2, 0.25) is 0 Å². The van der Waals surface area contributed by atoms with Gasteiger partial charge < -0.3 is 42.9 Å². The highest BCUT2D eigenvalue weighted by Crippen LogP contribution is 2.17. The van der Waals surface area contributed by atoms with Crippen molar-refractivity contribution < 1.29 is 34.2 Å². The lowest BCUT2D eigenvalue weighted by Gasteiger charge is -2.26. The quantitative estimate of drug-likeness (QED) is 0.0891. The van der Waals surface area contributed by atoms with Crippen LogP contribution in [0.3, 0.4) is 0 Å². The van der Waals surface area contributed by atoms with Crippen LogP contribution in [0.4, 0.5) is 0 Å². The van der Waals surface area contributed by atoms with Crippen molar-refractivity contribution in [2.75, 3.05) is 19.6 Å². The van der Waals surface area contributed by atoms with Gasteiger partial charge in [0.1, 0.15) is 18.1 Å². The second kappa shape index (κ2) is 12.3. The van der Waals surface area contributed by atoms with Crippen LogP contribution >= 0.6 is 0 Å². The van der Waals surface area contributed by atoms with E-state index in [1.807, 2.05) is 0 Å². The first kappa shape index (κ1) is 25.6. The van der Waals surface area contributed by atoms with Gasteiger partial charge in [-0.3, -0.25) is 24.2 Å². The van der Waals surface area contributed by atoms with Gasteiger partial charge in [-0.2, -0.15) is 0 Å². The van der Waals surface area contributed by atoms with Crippen molar-refractivity contribution in [3.05, 3.63) is 0 Å². The molecular weight excluding hydrogens is 414 g/mol. The van der Waals surface area contributed by atoms with E-state index in [-0.39, 0.29) is 31.9 Å². The molecule has 0 spiro atoms. The topological polar surface area (TPSA) is 244 Å². The number of rotatable bonds is 12. The molecule has 31 heavy (non-hydrogen) atoms. The first-order valence-electron chi connectivity index (χ1n) is 9.67. The molecule has 0 aromatic heterocycles. The number of carbonyl (C=O) groups is 5. The predicted molar refractivity (Wildman–Crippen MR) is 107 cm³/mol. The van der Waals surface area contributed by atoms with Gasteiger partial charge in [0, 0.05) is 13.1 Å². The Labute approximate surface area is 178 Å². The average molecular weight is 443 g/mol. The number of aliphatic carboxylic acids is 2. The zero-order valence-corrected chi connectivity index (χ0v) is 17.0. The Morgan fingerprint density at radius 1 is 1.10 bits per heavy atom. The molecule has 1 aliphatic rings. The van der Waals surface area contributed by atoms with Crippen molar-refractivity contribution in [1.82, 2.24) is 15.5 Å². The third-order valence-corrected chi connectivity index (χ3v) is 4.62. The van der Waals surface area contributed by atoms with Crippen molar-refractivity contribution in [3.8, 4) is 0 Å². The van der Waals surface area contributed by atoms with Crippen molar-refractivity contribution in [2.24, 2.45) is 22.2 Å². The molecule has 1 fully saturated rings. The van der Waals surface area contributed by atoms with Crippen molar-refractivity contribution in [3.63, 3.8) is 0 Å². The number of carboxylic acids is 2. The Hall–Kier alpha value is -3.42. The molecule has 0 bridgehead atoms. The third kappa shape index (κ3) is 8.46. The van der Waals surface area contributed by atoms with Crippen LogP contribution in [-0.2, 0) is 24.0 Å². The monoisotopic (exact) mass is 443 g/mol. The summed E-state index contributed by atoms with van der Waals surface area (Å²) in [5, 5.41) is 22.9. The summed E-state index contributed by atoms with van der Waals surface area (Å²) in [4.78, 5) is 64.6. The standard InChI is InChI=1S/C17H29N7O7/c18-8-12(25)24-6-2-4-11(24)15(29)23-10(7-13(26)27)14(28)22-9(16(30)31)3-1-5-21-17(19)20/h9-11H,1-8,18H2,(H,22,28)(H,23,29)(H,26,27)(H,30,31)(H4,19,20,21). The van der Waals surface area contributed by atoms with E-state index in [9.17, 15) is 29.1 Å². The van der Waals surface area contributed by atoms with E-state index in [4.69, 9.17) is 22.3 Å². The molecule has 0 aromatic rings. The summed E-state index contributed by atoms with van der Waals surface area (Å²) < 4.78 is 0. The maximum Gasteiger partial charge on any atom is 0.326 e.